The molecule has 0 atom stereocenters. The average molecular weight is 269 g/mol. The van der Waals surface area contributed by atoms with Crippen LogP contribution in [0.4, 0.5) is 0 Å². The molecule has 1 aromatic rings. The van der Waals surface area contributed by atoms with E-state index in [9.17, 15) is 13.2 Å². The molecule has 1 aromatic carbocycles. The number of ether oxygens (including phenoxy) is 1. The van der Waals surface area contributed by atoms with Crippen molar-refractivity contribution in [1.82, 2.24) is 4.72 Å². The van der Waals surface area contributed by atoms with E-state index in [1.807, 2.05) is 0 Å². The molecule has 6 heteroatoms. The molecule has 1 saturated heterocycles. The Morgan fingerprint density at radius 1 is 1.39 bits per heavy atom. The van der Waals surface area contributed by atoms with Crippen molar-refractivity contribution in [3.63, 3.8) is 0 Å². The molecule has 0 aromatic heterocycles. The Labute approximate surface area is 106 Å². The lowest BCUT2D eigenvalue weighted by molar-refractivity contribution is -0.155. The van der Waals surface area contributed by atoms with Crippen LogP contribution in [-0.4, -0.2) is 27.5 Å². The van der Waals surface area contributed by atoms with E-state index in [4.69, 9.17) is 4.74 Å². The highest BCUT2D eigenvalue weighted by Crippen LogP contribution is 2.27. The van der Waals surface area contributed by atoms with Gasteiger partial charge in [-0.05, 0) is 31.5 Å². The van der Waals surface area contributed by atoms with Gasteiger partial charge in [-0.3, -0.25) is 4.79 Å². The van der Waals surface area contributed by atoms with E-state index in [1.54, 1.807) is 26.0 Å². The Morgan fingerprint density at radius 3 is 2.56 bits per heavy atom. The Hall–Kier alpha value is -1.40. The quantitative estimate of drug-likeness (QED) is 0.882. The highest BCUT2D eigenvalue weighted by Gasteiger charge is 2.42. The molecule has 1 fully saturated rings. The number of sulfonamides is 1. The number of hydrogen-bond acceptors (Lipinski definition) is 4. The summed E-state index contributed by atoms with van der Waals surface area (Å²) in [6.07, 6.45) is 0. The second-order valence-electron chi connectivity index (χ2n) is 4.80. The lowest BCUT2D eigenvalue weighted by Gasteiger charge is -2.35. The van der Waals surface area contributed by atoms with E-state index < -0.39 is 21.3 Å². The van der Waals surface area contributed by atoms with Gasteiger partial charge in [0.2, 0.25) is 5.91 Å². The van der Waals surface area contributed by atoms with Crippen LogP contribution in [0.3, 0.4) is 0 Å². The Morgan fingerprint density at radius 2 is 2.06 bits per heavy atom. The molecule has 1 heterocycles. The topological polar surface area (TPSA) is 72.5 Å². The van der Waals surface area contributed by atoms with Crippen molar-refractivity contribution in [2.75, 3.05) is 13.2 Å². The first-order valence-corrected chi connectivity index (χ1v) is 7.03. The standard InChI is InChI=1S/C12H15NO4S/c1-9-4-3-5-10(6-9)18(15,16)13-11(14)12(2)7-17-8-12/h3-6H,7-8H2,1-2H3,(H,13,14). The zero-order valence-corrected chi connectivity index (χ0v) is 11.1. The average Bonchev–Trinajstić information content (AvgIpc) is 2.25. The number of carbonyl (C=O) groups is 1. The molecule has 0 bridgehead atoms. The van der Waals surface area contributed by atoms with Crippen LogP contribution in [0.5, 0.6) is 0 Å². The van der Waals surface area contributed by atoms with Gasteiger partial charge in [0.1, 0.15) is 0 Å². The second-order valence-corrected chi connectivity index (χ2v) is 6.49. The van der Waals surface area contributed by atoms with E-state index in [0.717, 1.165) is 5.56 Å². The summed E-state index contributed by atoms with van der Waals surface area (Å²) in [5, 5.41) is 0. The molecule has 18 heavy (non-hydrogen) atoms. The SMILES string of the molecule is Cc1cccc(S(=O)(=O)NC(=O)C2(C)COC2)c1. The van der Waals surface area contributed by atoms with Gasteiger partial charge >= 0.3 is 0 Å². The molecule has 0 saturated carbocycles. The van der Waals surface area contributed by atoms with Crippen LogP contribution < -0.4 is 4.72 Å². The smallest absolute Gasteiger partial charge is 0.264 e. The van der Waals surface area contributed by atoms with Crippen molar-refractivity contribution in [1.29, 1.82) is 0 Å². The molecule has 0 radical (unpaired) electrons. The summed E-state index contributed by atoms with van der Waals surface area (Å²) in [7, 11) is -3.80. The van der Waals surface area contributed by atoms with Gasteiger partial charge in [0.25, 0.3) is 10.0 Å². The minimum Gasteiger partial charge on any atom is -0.379 e. The number of hydrogen-bond donors (Lipinski definition) is 1. The van der Waals surface area contributed by atoms with E-state index >= 15 is 0 Å². The maximum absolute atomic E-state index is 12.0. The highest BCUT2D eigenvalue weighted by atomic mass is 32.2. The number of carbonyl (C=O) groups excluding carboxylic acids is 1. The van der Waals surface area contributed by atoms with E-state index in [2.05, 4.69) is 4.72 Å². The summed E-state index contributed by atoms with van der Waals surface area (Å²) < 4.78 is 31.1. The molecule has 0 aliphatic carbocycles. The monoisotopic (exact) mass is 269 g/mol. The van der Waals surface area contributed by atoms with E-state index in [1.165, 1.54) is 12.1 Å². The fourth-order valence-electron chi connectivity index (χ4n) is 1.63. The van der Waals surface area contributed by atoms with E-state index in [-0.39, 0.29) is 18.1 Å². The van der Waals surface area contributed by atoms with Crippen LogP contribution >= 0.6 is 0 Å². The van der Waals surface area contributed by atoms with Crippen molar-refractivity contribution in [3.8, 4) is 0 Å². The lowest BCUT2D eigenvalue weighted by atomic mass is 9.88. The summed E-state index contributed by atoms with van der Waals surface area (Å²) in [4.78, 5) is 11.9. The fraction of sp³-hybridized carbons (Fsp3) is 0.417. The summed E-state index contributed by atoms with van der Waals surface area (Å²) in [6, 6.07) is 6.42. The number of rotatable bonds is 3. The zero-order valence-electron chi connectivity index (χ0n) is 10.3. The molecular formula is C12H15NO4S. The summed E-state index contributed by atoms with van der Waals surface area (Å²) in [5.41, 5.74) is 0.0835. The Bertz CT molecular complexity index is 575. The third-order valence-electron chi connectivity index (χ3n) is 2.92. The maximum atomic E-state index is 12.0. The van der Waals surface area contributed by atoms with Crippen LogP contribution in [0.2, 0.25) is 0 Å². The van der Waals surface area contributed by atoms with Crippen LogP contribution in [0.25, 0.3) is 0 Å². The molecule has 0 unspecified atom stereocenters. The lowest BCUT2D eigenvalue weighted by Crippen LogP contribution is -2.53. The molecule has 1 aliphatic heterocycles. The van der Waals surface area contributed by atoms with Gasteiger partial charge in [-0.25, -0.2) is 13.1 Å². The number of aryl methyl sites for hydroxylation is 1. The first kappa shape index (κ1) is 13.0. The maximum Gasteiger partial charge on any atom is 0.264 e. The molecule has 1 amide bonds. The summed E-state index contributed by atoms with van der Waals surface area (Å²) >= 11 is 0. The molecule has 1 aliphatic rings. The van der Waals surface area contributed by atoms with Crippen LogP contribution in [-0.2, 0) is 19.6 Å². The van der Waals surface area contributed by atoms with Gasteiger partial charge in [0, 0.05) is 0 Å². The van der Waals surface area contributed by atoms with Gasteiger partial charge in [-0.1, -0.05) is 12.1 Å². The van der Waals surface area contributed by atoms with Crippen molar-refractivity contribution in [2.24, 2.45) is 5.41 Å². The number of nitrogens with one attached hydrogen (secondary N) is 1. The first-order chi connectivity index (χ1) is 8.33. The van der Waals surface area contributed by atoms with E-state index in [0.29, 0.717) is 0 Å². The predicted molar refractivity (Wildman–Crippen MR) is 65.4 cm³/mol. The summed E-state index contributed by atoms with van der Waals surface area (Å²) in [6.45, 7) is 3.98. The highest BCUT2D eigenvalue weighted by molar-refractivity contribution is 7.90. The molecule has 1 N–H and O–H groups in total. The third-order valence-corrected chi connectivity index (χ3v) is 4.24. The first-order valence-electron chi connectivity index (χ1n) is 5.55. The van der Waals surface area contributed by atoms with Crippen molar-refractivity contribution in [3.05, 3.63) is 29.8 Å². The fourth-order valence-corrected chi connectivity index (χ4v) is 2.83. The van der Waals surface area contributed by atoms with Crippen molar-refractivity contribution < 1.29 is 17.9 Å². The van der Waals surface area contributed by atoms with Gasteiger partial charge in [-0.2, -0.15) is 0 Å². The predicted octanol–water partition coefficient (Wildman–Crippen LogP) is 0.836. The molecule has 2 rings (SSSR count). The minimum absolute atomic E-state index is 0.0969. The zero-order chi connectivity index (χ0) is 13.4. The van der Waals surface area contributed by atoms with Gasteiger partial charge in [0.15, 0.2) is 0 Å². The molecule has 98 valence electrons. The van der Waals surface area contributed by atoms with Crippen molar-refractivity contribution in [2.45, 2.75) is 18.7 Å². The van der Waals surface area contributed by atoms with Gasteiger partial charge < -0.3 is 4.74 Å². The molecule has 0 spiro atoms. The van der Waals surface area contributed by atoms with Crippen LogP contribution in [0.1, 0.15) is 12.5 Å². The van der Waals surface area contributed by atoms with Gasteiger partial charge in [0.05, 0.1) is 23.5 Å². The third kappa shape index (κ3) is 2.39. The second kappa shape index (κ2) is 4.37. The van der Waals surface area contributed by atoms with Gasteiger partial charge in [-0.15, -0.1) is 0 Å². The number of amides is 1. The molecule has 5 nitrogen and oxygen atoms in total. The Kier molecular flexibility index (Phi) is 3.16. The van der Waals surface area contributed by atoms with Crippen molar-refractivity contribution >= 4 is 15.9 Å². The minimum atomic E-state index is -3.80. The van der Waals surface area contributed by atoms with Crippen LogP contribution in [0.15, 0.2) is 29.2 Å². The number of benzene rings is 1. The largest absolute Gasteiger partial charge is 0.379 e. The Balaban J connectivity index is 2.20. The normalized spacial score (nSPS) is 17.9. The van der Waals surface area contributed by atoms with Crippen LogP contribution in [0, 0.1) is 12.3 Å². The molecular weight excluding hydrogens is 254 g/mol. The summed E-state index contributed by atoms with van der Waals surface area (Å²) in [5.74, 6) is -0.518.